The van der Waals surface area contributed by atoms with Crippen molar-refractivity contribution < 1.29 is 28.5 Å². The molecule has 1 aliphatic rings. The molecular weight excluding hydrogens is 655 g/mol. The molecule has 252 valence electrons. The highest BCUT2D eigenvalue weighted by atomic mass is 32.1. The quantitative estimate of drug-likeness (QED) is 0.169. The fraction of sp³-hybridized carbons (Fsp3) is 0.179. The lowest BCUT2D eigenvalue weighted by Gasteiger charge is -2.26. The number of hydrogen-bond donors (Lipinski definition) is 0. The van der Waals surface area contributed by atoms with Gasteiger partial charge in [0.15, 0.2) is 27.8 Å². The number of carbonyl (C=O) groups is 1. The van der Waals surface area contributed by atoms with Gasteiger partial charge < -0.3 is 23.7 Å². The van der Waals surface area contributed by atoms with E-state index in [1.807, 2.05) is 48.5 Å². The Hall–Kier alpha value is -6.12. The van der Waals surface area contributed by atoms with Gasteiger partial charge in [0.2, 0.25) is 0 Å². The third kappa shape index (κ3) is 6.74. The molecule has 0 spiro atoms. The van der Waals surface area contributed by atoms with Crippen LogP contribution in [0.5, 0.6) is 23.0 Å². The number of fused-ring (bicyclic) bond motifs is 1. The van der Waals surface area contributed by atoms with Crippen LogP contribution in [0.15, 0.2) is 106 Å². The first-order valence-electron chi connectivity index (χ1n) is 15.7. The van der Waals surface area contributed by atoms with Gasteiger partial charge in [-0.3, -0.25) is 9.36 Å². The number of aromatic nitrogens is 1. The fourth-order valence-corrected chi connectivity index (χ4v) is 6.66. The third-order valence-corrected chi connectivity index (χ3v) is 9.04. The highest BCUT2D eigenvalue weighted by molar-refractivity contribution is 7.07. The second kappa shape index (κ2) is 15.0. The molecular formula is C39H33N3O7S. The lowest BCUT2D eigenvalue weighted by molar-refractivity contribution is -0.138. The van der Waals surface area contributed by atoms with E-state index in [1.165, 1.54) is 23.0 Å². The maximum atomic E-state index is 14.4. The Morgan fingerprint density at radius 3 is 2.28 bits per heavy atom. The Balaban J connectivity index is 1.47. The van der Waals surface area contributed by atoms with Crippen molar-refractivity contribution in [3.8, 4) is 29.1 Å². The van der Waals surface area contributed by atoms with Gasteiger partial charge in [0.05, 0.1) is 61.4 Å². The molecule has 0 saturated carbocycles. The number of nitrogens with zero attached hydrogens (tertiary/aromatic N) is 3. The number of carbonyl (C=O) groups excluding carboxylic acids is 1. The molecule has 10 nitrogen and oxygen atoms in total. The number of benzene rings is 4. The SMILES string of the molecule is CCOC(=O)C1=C(c2ccccc2)N=c2s/c(=C\c3ccc(OCc4ccc(C#N)cc4)c(OC)c3)c(=O)n2[C@@H]1c1ccc(OC)c(OC)c1. The van der Waals surface area contributed by atoms with Gasteiger partial charge in [-0.05, 0) is 66.1 Å². The minimum absolute atomic E-state index is 0.141. The van der Waals surface area contributed by atoms with Gasteiger partial charge in [-0.15, -0.1) is 0 Å². The van der Waals surface area contributed by atoms with Crippen LogP contribution in [0.25, 0.3) is 11.8 Å². The first kappa shape index (κ1) is 33.8. The standard InChI is InChI=1S/C39H33N3O7S/c1-5-48-38(44)34-35(27-9-7-6-8-10-27)41-39-42(36(34)28-16-18-29(45-2)32(21-28)47-4)37(43)33(50-39)20-26-15-17-30(31(19-26)46-3)49-23-25-13-11-24(22-40)12-14-25/h6-21,36H,5,23H2,1-4H3/b33-20-/t36-/m1/s1. The molecule has 50 heavy (non-hydrogen) atoms. The van der Waals surface area contributed by atoms with E-state index in [0.29, 0.717) is 60.3 Å². The lowest BCUT2D eigenvalue weighted by Crippen LogP contribution is -2.40. The zero-order chi connectivity index (χ0) is 35.2. The smallest absolute Gasteiger partial charge is 0.338 e. The number of esters is 1. The van der Waals surface area contributed by atoms with E-state index in [0.717, 1.165) is 5.56 Å². The lowest BCUT2D eigenvalue weighted by atomic mass is 9.93. The summed E-state index contributed by atoms with van der Waals surface area (Å²) in [5, 5.41) is 9.06. The minimum atomic E-state index is -0.880. The predicted octanol–water partition coefficient (Wildman–Crippen LogP) is 5.41. The van der Waals surface area contributed by atoms with Crippen LogP contribution in [-0.2, 0) is 16.1 Å². The molecule has 1 aliphatic heterocycles. The average Bonchev–Trinajstić information content (AvgIpc) is 3.47. The number of rotatable bonds is 11. The molecule has 0 radical (unpaired) electrons. The summed E-state index contributed by atoms with van der Waals surface area (Å²) in [6.45, 7) is 2.16. The fourth-order valence-electron chi connectivity index (χ4n) is 5.66. The van der Waals surface area contributed by atoms with E-state index >= 15 is 0 Å². The number of nitriles is 1. The maximum absolute atomic E-state index is 14.4. The van der Waals surface area contributed by atoms with E-state index < -0.39 is 12.0 Å². The molecule has 0 amide bonds. The Kier molecular flexibility index (Phi) is 10.1. The monoisotopic (exact) mass is 687 g/mol. The van der Waals surface area contributed by atoms with Crippen LogP contribution in [0.3, 0.4) is 0 Å². The van der Waals surface area contributed by atoms with Crippen LogP contribution in [0, 0.1) is 11.3 Å². The second-order valence-electron chi connectivity index (χ2n) is 11.1. The summed E-state index contributed by atoms with van der Waals surface area (Å²) >= 11 is 1.22. The highest BCUT2D eigenvalue weighted by Gasteiger charge is 2.35. The van der Waals surface area contributed by atoms with Crippen molar-refractivity contribution in [1.29, 1.82) is 5.26 Å². The zero-order valence-electron chi connectivity index (χ0n) is 27.8. The topological polar surface area (TPSA) is 121 Å². The van der Waals surface area contributed by atoms with Crippen molar-refractivity contribution in [2.45, 2.75) is 19.6 Å². The van der Waals surface area contributed by atoms with Crippen molar-refractivity contribution in [1.82, 2.24) is 4.57 Å². The molecule has 0 fully saturated rings. The Bertz CT molecular complexity index is 2300. The Morgan fingerprint density at radius 1 is 0.900 bits per heavy atom. The van der Waals surface area contributed by atoms with E-state index in [2.05, 4.69) is 6.07 Å². The molecule has 4 aromatic carbocycles. The van der Waals surface area contributed by atoms with Gasteiger partial charge in [-0.25, -0.2) is 9.79 Å². The first-order valence-corrected chi connectivity index (χ1v) is 16.5. The van der Waals surface area contributed by atoms with Gasteiger partial charge >= 0.3 is 5.97 Å². The zero-order valence-corrected chi connectivity index (χ0v) is 28.7. The van der Waals surface area contributed by atoms with Crippen LogP contribution in [0.4, 0.5) is 0 Å². The number of methoxy groups -OCH3 is 3. The second-order valence-corrected chi connectivity index (χ2v) is 12.1. The molecule has 0 saturated heterocycles. The molecule has 0 N–H and O–H groups in total. The Morgan fingerprint density at radius 2 is 1.60 bits per heavy atom. The summed E-state index contributed by atoms with van der Waals surface area (Å²) in [6.07, 6.45) is 1.76. The summed E-state index contributed by atoms with van der Waals surface area (Å²) < 4.78 is 30.2. The number of ether oxygens (including phenoxy) is 5. The minimum Gasteiger partial charge on any atom is -0.493 e. The van der Waals surface area contributed by atoms with Gasteiger partial charge in [0, 0.05) is 5.56 Å². The van der Waals surface area contributed by atoms with E-state index in [4.69, 9.17) is 33.9 Å². The molecule has 11 heteroatoms. The third-order valence-electron chi connectivity index (χ3n) is 8.06. The molecule has 5 aromatic rings. The van der Waals surface area contributed by atoms with Crippen LogP contribution in [-0.4, -0.2) is 38.5 Å². The van der Waals surface area contributed by atoms with E-state index in [-0.39, 0.29) is 24.3 Å². The highest BCUT2D eigenvalue weighted by Crippen LogP contribution is 2.38. The number of hydrogen-bond acceptors (Lipinski definition) is 10. The van der Waals surface area contributed by atoms with Crippen LogP contribution >= 0.6 is 11.3 Å². The van der Waals surface area contributed by atoms with Crippen molar-refractivity contribution in [2.24, 2.45) is 4.99 Å². The van der Waals surface area contributed by atoms with Gasteiger partial charge in [-0.1, -0.05) is 65.9 Å². The molecule has 0 aliphatic carbocycles. The van der Waals surface area contributed by atoms with Gasteiger partial charge in [-0.2, -0.15) is 5.26 Å². The summed E-state index contributed by atoms with van der Waals surface area (Å²) in [7, 11) is 4.62. The first-order chi connectivity index (χ1) is 24.4. The average molecular weight is 688 g/mol. The summed E-state index contributed by atoms with van der Waals surface area (Å²) in [5.41, 5.74) is 3.82. The molecule has 6 rings (SSSR count). The van der Waals surface area contributed by atoms with Crippen molar-refractivity contribution >= 4 is 29.1 Å². The Labute approximate surface area is 292 Å². The molecule has 1 aromatic heterocycles. The van der Waals surface area contributed by atoms with Crippen LogP contribution < -0.4 is 33.8 Å². The van der Waals surface area contributed by atoms with Gasteiger partial charge in [0.25, 0.3) is 5.56 Å². The van der Waals surface area contributed by atoms with E-state index in [1.54, 1.807) is 69.7 Å². The largest absolute Gasteiger partial charge is 0.493 e. The summed E-state index contributed by atoms with van der Waals surface area (Å²) in [4.78, 5) is 33.5. The van der Waals surface area contributed by atoms with E-state index in [9.17, 15) is 9.59 Å². The predicted molar refractivity (Wildman–Crippen MR) is 189 cm³/mol. The maximum Gasteiger partial charge on any atom is 0.338 e. The molecule has 1 atom stereocenters. The van der Waals surface area contributed by atoms with Crippen LogP contribution in [0.2, 0.25) is 0 Å². The molecule has 2 heterocycles. The van der Waals surface area contributed by atoms with Crippen molar-refractivity contribution in [3.05, 3.63) is 144 Å². The van der Waals surface area contributed by atoms with Gasteiger partial charge in [0.1, 0.15) is 6.61 Å². The summed E-state index contributed by atoms with van der Waals surface area (Å²) in [5.74, 6) is 1.38. The van der Waals surface area contributed by atoms with Crippen molar-refractivity contribution in [2.75, 3.05) is 27.9 Å². The normalized spacial score (nSPS) is 13.9. The summed E-state index contributed by atoms with van der Waals surface area (Å²) in [6, 6.07) is 28.5. The van der Waals surface area contributed by atoms with Crippen LogP contribution in [0.1, 0.15) is 40.8 Å². The molecule has 0 unspecified atom stereocenters. The molecule has 0 bridgehead atoms. The van der Waals surface area contributed by atoms with Crippen molar-refractivity contribution in [3.63, 3.8) is 0 Å². The number of thiazole rings is 1.